The minimum atomic E-state index is -0.905. The summed E-state index contributed by atoms with van der Waals surface area (Å²) in [6.45, 7) is 0. The summed E-state index contributed by atoms with van der Waals surface area (Å²) in [5, 5.41) is 0. The van der Waals surface area contributed by atoms with E-state index >= 15 is 0 Å². The molecule has 0 saturated heterocycles. The molecule has 0 N–H and O–H groups in total. The van der Waals surface area contributed by atoms with E-state index in [2.05, 4.69) is 15.9 Å². The number of Topliss-reactive ketones (excluding diaryl/α,β-unsaturated/α-hetero) is 1. The number of hydrogen-bond acceptors (Lipinski definition) is 1. The summed E-state index contributed by atoms with van der Waals surface area (Å²) in [6, 6.07) is 2.48. The van der Waals surface area contributed by atoms with E-state index in [9.17, 15) is 13.6 Å². The number of halogens is 3. The lowest BCUT2D eigenvalue weighted by atomic mass is 9.78. The zero-order chi connectivity index (χ0) is 10.3. The molecule has 1 unspecified atom stereocenters. The van der Waals surface area contributed by atoms with Gasteiger partial charge in [0.25, 0.3) is 0 Å². The van der Waals surface area contributed by atoms with E-state index in [0.717, 1.165) is 6.07 Å². The van der Waals surface area contributed by atoms with E-state index in [-0.39, 0.29) is 11.3 Å². The first-order valence-electron chi connectivity index (χ1n) is 4.27. The van der Waals surface area contributed by atoms with Gasteiger partial charge in [-0.15, -0.1) is 0 Å². The molecule has 2 rings (SSSR count). The van der Waals surface area contributed by atoms with Crippen molar-refractivity contribution in [2.45, 2.75) is 18.8 Å². The summed E-state index contributed by atoms with van der Waals surface area (Å²) in [4.78, 5) is 11.1. The smallest absolute Gasteiger partial charge is 0.163 e. The third kappa shape index (κ3) is 1.38. The number of carbonyl (C=O) groups is 1. The monoisotopic (exact) mass is 260 g/mol. The molecule has 4 heteroatoms. The molecule has 0 aliphatic heterocycles. The van der Waals surface area contributed by atoms with E-state index < -0.39 is 17.6 Å². The second-order valence-electron chi connectivity index (χ2n) is 3.31. The van der Waals surface area contributed by atoms with E-state index in [1.807, 2.05) is 0 Å². The van der Waals surface area contributed by atoms with Crippen LogP contribution in [0.15, 0.2) is 16.6 Å². The molecule has 1 aliphatic rings. The molecule has 1 aliphatic carbocycles. The van der Waals surface area contributed by atoms with Gasteiger partial charge < -0.3 is 0 Å². The molecule has 1 nitrogen and oxygen atoms in total. The zero-order valence-electron chi connectivity index (χ0n) is 7.19. The maximum absolute atomic E-state index is 13.3. The third-order valence-corrected chi connectivity index (χ3v) is 3.19. The minimum Gasteiger partial charge on any atom is -0.299 e. The molecule has 0 radical (unpaired) electrons. The van der Waals surface area contributed by atoms with Crippen LogP contribution in [0.1, 0.15) is 24.3 Å². The molecule has 1 fully saturated rings. The van der Waals surface area contributed by atoms with E-state index in [0.29, 0.717) is 17.3 Å². The average Bonchev–Trinajstić information content (AvgIpc) is 2.16. The average molecular weight is 261 g/mol. The molecule has 0 spiro atoms. The summed E-state index contributed by atoms with van der Waals surface area (Å²) in [5.41, 5.74) is 0.168. The van der Waals surface area contributed by atoms with Gasteiger partial charge in [-0.25, -0.2) is 8.78 Å². The van der Waals surface area contributed by atoms with Gasteiger partial charge >= 0.3 is 0 Å². The van der Waals surface area contributed by atoms with Crippen molar-refractivity contribution in [2.24, 2.45) is 0 Å². The maximum Gasteiger partial charge on any atom is 0.163 e. The van der Waals surface area contributed by atoms with Gasteiger partial charge in [-0.05, 0) is 18.6 Å². The van der Waals surface area contributed by atoms with Gasteiger partial charge in [-0.3, -0.25) is 4.79 Å². The van der Waals surface area contributed by atoms with Crippen molar-refractivity contribution >= 4 is 21.7 Å². The Morgan fingerprint density at radius 1 is 1.36 bits per heavy atom. The number of ketones is 1. The highest BCUT2D eigenvalue weighted by Crippen LogP contribution is 2.38. The van der Waals surface area contributed by atoms with Crippen LogP contribution in [0, 0.1) is 11.6 Å². The van der Waals surface area contributed by atoms with Gasteiger partial charge in [0.1, 0.15) is 5.78 Å². The largest absolute Gasteiger partial charge is 0.299 e. The Bertz CT molecular complexity index is 403. The van der Waals surface area contributed by atoms with Gasteiger partial charge in [-0.2, -0.15) is 0 Å². The highest BCUT2D eigenvalue weighted by Gasteiger charge is 2.34. The van der Waals surface area contributed by atoms with Gasteiger partial charge in [0.15, 0.2) is 11.6 Å². The Labute approximate surface area is 88.2 Å². The number of hydrogen-bond donors (Lipinski definition) is 0. The molecular weight excluding hydrogens is 254 g/mol. The van der Waals surface area contributed by atoms with Crippen LogP contribution in [0.5, 0.6) is 0 Å². The molecule has 0 amide bonds. The summed E-state index contributed by atoms with van der Waals surface area (Å²) < 4.78 is 26.7. The van der Waals surface area contributed by atoms with Crippen molar-refractivity contribution in [1.82, 2.24) is 0 Å². The first kappa shape index (κ1) is 9.77. The summed E-state index contributed by atoms with van der Waals surface area (Å²) >= 11 is 3.13. The quantitative estimate of drug-likeness (QED) is 0.709. The maximum atomic E-state index is 13.3. The predicted molar refractivity (Wildman–Crippen MR) is 51.0 cm³/mol. The van der Waals surface area contributed by atoms with Crippen LogP contribution in [0.3, 0.4) is 0 Å². The molecular formula is C10H7BrF2O. The third-order valence-electron chi connectivity index (χ3n) is 2.50. The van der Waals surface area contributed by atoms with Crippen LogP contribution >= 0.6 is 15.9 Å². The van der Waals surface area contributed by atoms with Crippen molar-refractivity contribution in [1.29, 1.82) is 0 Å². The molecule has 14 heavy (non-hydrogen) atoms. The Balaban J connectivity index is 2.50. The molecule has 1 saturated carbocycles. The number of benzene rings is 1. The SMILES string of the molecule is O=C1CCC1c1c(Br)ccc(F)c1F. The van der Waals surface area contributed by atoms with Gasteiger partial charge in [-0.1, -0.05) is 15.9 Å². The molecule has 0 bridgehead atoms. The van der Waals surface area contributed by atoms with Crippen molar-refractivity contribution in [3.63, 3.8) is 0 Å². The highest BCUT2D eigenvalue weighted by atomic mass is 79.9. The fraction of sp³-hybridized carbons (Fsp3) is 0.300. The van der Waals surface area contributed by atoms with Crippen LogP contribution in [-0.2, 0) is 4.79 Å². The highest BCUT2D eigenvalue weighted by molar-refractivity contribution is 9.10. The Hall–Kier alpha value is -0.770. The van der Waals surface area contributed by atoms with Crippen LogP contribution in [0.25, 0.3) is 0 Å². The minimum absolute atomic E-state index is 0.0183. The van der Waals surface area contributed by atoms with Crippen molar-refractivity contribution in [3.8, 4) is 0 Å². The van der Waals surface area contributed by atoms with Crippen molar-refractivity contribution in [2.75, 3.05) is 0 Å². The molecule has 1 atom stereocenters. The Morgan fingerprint density at radius 3 is 2.57 bits per heavy atom. The number of rotatable bonds is 1. The molecule has 0 heterocycles. The molecule has 1 aromatic carbocycles. The fourth-order valence-electron chi connectivity index (χ4n) is 1.57. The fourth-order valence-corrected chi connectivity index (χ4v) is 2.16. The zero-order valence-corrected chi connectivity index (χ0v) is 8.77. The van der Waals surface area contributed by atoms with Gasteiger partial charge in [0, 0.05) is 22.4 Å². The predicted octanol–water partition coefficient (Wildman–Crippen LogP) is 3.17. The summed E-state index contributed by atoms with van der Waals surface area (Å²) in [5.74, 6) is -2.28. The standard InChI is InChI=1S/C10H7BrF2O/c11-6-2-3-7(12)10(13)9(6)5-1-4-8(5)14/h2-3,5H,1,4H2. The first-order valence-corrected chi connectivity index (χ1v) is 5.06. The Morgan fingerprint density at radius 2 is 2.07 bits per heavy atom. The molecule has 0 aromatic heterocycles. The summed E-state index contributed by atoms with van der Waals surface area (Å²) in [6.07, 6.45) is 1.07. The van der Waals surface area contributed by atoms with Crippen LogP contribution in [-0.4, -0.2) is 5.78 Å². The second-order valence-corrected chi connectivity index (χ2v) is 4.17. The lowest BCUT2D eigenvalue weighted by Crippen LogP contribution is -2.25. The summed E-state index contributed by atoms with van der Waals surface area (Å²) in [7, 11) is 0. The van der Waals surface area contributed by atoms with Crippen LogP contribution in [0.2, 0.25) is 0 Å². The van der Waals surface area contributed by atoms with E-state index in [1.54, 1.807) is 0 Å². The second kappa shape index (κ2) is 3.42. The topological polar surface area (TPSA) is 17.1 Å². The van der Waals surface area contributed by atoms with Gasteiger partial charge in [0.2, 0.25) is 0 Å². The van der Waals surface area contributed by atoms with Crippen molar-refractivity contribution < 1.29 is 13.6 Å². The van der Waals surface area contributed by atoms with E-state index in [4.69, 9.17) is 0 Å². The van der Waals surface area contributed by atoms with Gasteiger partial charge in [0.05, 0.1) is 0 Å². The molecule has 74 valence electrons. The normalized spacial score (nSPS) is 20.8. The van der Waals surface area contributed by atoms with E-state index in [1.165, 1.54) is 6.07 Å². The lowest BCUT2D eigenvalue weighted by Gasteiger charge is -2.25. The Kier molecular flexibility index (Phi) is 2.39. The van der Waals surface area contributed by atoms with Crippen molar-refractivity contribution in [3.05, 3.63) is 33.8 Å². The first-order chi connectivity index (χ1) is 6.61. The number of carbonyl (C=O) groups excluding carboxylic acids is 1. The molecule has 1 aromatic rings. The lowest BCUT2D eigenvalue weighted by molar-refractivity contribution is -0.125. The van der Waals surface area contributed by atoms with Crippen LogP contribution < -0.4 is 0 Å². The van der Waals surface area contributed by atoms with Crippen LogP contribution in [0.4, 0.5) is 8.78 Å².